The summed E-state index contributed by atoms with van der Waals surface area (Å²) in [5.41, 5.74) is 7.10. The highest BCUT2D eigenvalue weighted by molar-refractivity contribution is 6.38. The molecule has 1 heterocycles. The molecule has 0 radical (unpaired) electrons. The van der Waals surface area contributed by atoms with E-state index in [0.29, 0.717) is 28.8 Å². The van der Waals surface area contributed by atoms with Crippen molar-refractivity contribution >= 4 is 34.9 Å². The van der Waals surface area contributed by atoms with Crippen LogP contribution in [0.4, 0.5) is 10.5 Å². The summed E-state index contributed by atoms with van der Waals surface area (Å²) in [5, 5.41) is 3.84. The van der Waals surface area contributed by atoms with Gasteiger partial charge in [0.15, 0.2) is 0 Å². The van der Waals surface area contributed by atoms with E-state index in [1.165, 1.54) is 0 Å². The van der Waals surface area contributed by atoms with E-state index in [0.717, 1.165) is 12.0 Å². The van der Waals surface area contributed by atoms with E-state index in [2.05, 4.69) is 5.32 Å². The van der Waals surface area contributed by atoms with Crippen LogP contribution in [0, 0.1) is 6.92 Å². The van der Waals surface area contributed by atoms with Crippen LogP contribution in [0.2, 0.25) is 10.0 Å². The van der Waals surface area contributed by atoms with Crippen molar-refractivity contribution in [3.8, 4) is 0 Å². The molecule has 6 heteroatoms. The molecule has 2 amide bonds. The molecule has 98 valence electrons. The van der Waals surface area contributed by atoms with Crippen LogP contribution in [-0.2, 0) is 0 Å². The zero-order valence-electron chi connectivity index (χ0n) is 10.0. The summed E-state index contributed by atoms with van der Waals surface area (Å²) < 4.78 is 0. The van der Waals surface area contributed by atoms with Crippen molar-refractivity contribution in [2.75, 3.05) is 18.4 Å². The second-order valence-electron chi connectivity index (χ2n) is 4.46. The number of hydrogen-bond donors (Lipinski definition) is 2. The van der Waals surface area contributed by atoms with Crippen LogP contribution in [0.1, 0.15) is 12.0 Å². The third-order valence-corrected chi connectivity index (χ3v) is 3.97. The standard InChI is InChI=1S/C12H15Cl2N3O/c1-7-9(13)2-3-10(11(7)14)16-12(18)17-5-4-8(15)6-17/h2-3,8H,4-6,15H2,1H3,(H,16,18)/t8-/m0/s1. The fourth-order valence-corrected chi connectivity index (χ4v) is 2.34. The zero-order valence-corrected chi connectivity index (χ0v) is 11.6. The number of likely N-dealkylation sites (tertiary alicyclic amines) is 1. The maximum absolute atomic E-state index is 12.0. The topological polar surface area (TPSA) is 58.4 Å². The molecular formula is C12H15Cl2N3O. The number of anilines is 1. The summed E-state index contributed by atoms with van der Waals surface area (Å²) >= 11 is 12.1. The lowest BCUT2D eigenvalue weighted by atomic mass is 10.2. The third kappa shape index (κ3) is 2.71. The number of nitrogens with one attached hydrogen (secondary N) is 1. The molecule has 2 rings (SSSR count). The average molecular weight is 288 g/mol. The van der Waals surface area contributed by atoms with E-state index in [-0.39, 0.29) is 12.1 Å². The lowest BCUT2D eigenvalue weighted by molar-refractivity contribution is 0.222. The molecule has 1 aliphatic heterocycles. The van der Waals surface area contributed by atoms with Crippen molar-refractivity contribution in [2.24, 2.45) is 5.73 Å². The molecule has 0 bridgehead atoms. The summed E-state index contributed by atoms with van der Waals surface area (Å²) in [6.07, 6.45) is 0.834. The molecule has 3 N–H and O–H groups in total. The molecule has 1 aromatic carbocycles. The van der Waals surface area contributed by atoms with Gasteiger partial charge >= 0.3 is 6.03 Å². The van der Waals surface area contributed by atoms with E-state index < -0.39 is 0 Å². The van der Waals surface area contributed by atoms with Gasteiger partial charge in [-0.15, -0.1) is 0 Å². The maximum atomic E-state index is 12.0. The SMILES string of the molecule is Cc1c(Cl)ccc(NC(=O)N2CC[C@H](N)C2)c1Cl. The summed E-state index contributed by atoms with van der Waals surface area (Å²) in [7, 11) is 0. The fraction of sp³-hybridized carbons (Fsp3) is 0.417. The third-order valence-electron chi connectivity index (χ3n) is 3.07. The normalized spacial score (nSPS) is 19.1. The highest BCUT2D eigenvalue weighted by Crippen LogP contribution is 2.31. The molecule has 18 heavy (non-hydrogen) atoms. The van der Waals surface area contributed by atoms with E-state index in [4.69, 9.17) is 28.9 Å². The number of benzene rings is 1. The van der Waals surface area contributed by atoms with E-state index >= 15 is 0 Å². The van der Waals surface area contributed by atoms with Crippen LogP contribution >= 0.6 is 23.2 Å². The number of amides is 2. The quantitative estimate of drug-likeness (QED) is 0.834. The average Bonchev–Trinajstić information content (AvgIpc) is 2.77. The van der Waals surface area contributed by atoms with Crippen LogP contribution in [0.15, 0.2) is 12.1 Å². The van der Waals surface area contributed by atoms with Gasteiger partial charge in [0, 0.05) is 24.2 Å². The smallest absolute Gasteiger partial charge is 0.321 e. The highest BCUT2D eigenvalue weighted by atomic mass is 35.5. The molecule has 1 atom stereocenters. The van der Waals surface area contributed by atoms with Gasteiger partial charge in [-0.1, -0.05) is 23.2 Å². The van der Waals surface area contributed by atoms with Gasteiger partial charge in [-0.05, 0) is 31.0 Å². The Morgan fingerprint density at radius 1 is 1.50 bits per heavy atom. The minimum atomic E-state index is -0.174. The van der Waals surface area contributed by atoms with Crippen molar-refractivity contribution in [3.63, 3.8) is 0 Å². The Balaban J connectivity index is 2.10. The largest absolute Gasteiger partial charge is 0.326 e. The van der Waals surface area contributed by atoms with Crippen molar-refractivity contribution in [1.82, 2.24) is 4.90 Å². The second kappa shape index (κ2) is 5.34. The number of hydrogen-bond acceptors (Lipinski definition) is 2. The number of halogens is 2. The van der Waals surface area contributed by atoms with Gasteiger partial charge in [0.1, 0.15) is 0 Å². The monoisotopic (exact) mass is 287 g/mol. The number of rotatable bonds is 1. The van der Waals surface area contributed by atoms with Crippen LogP contribution < -0.4 is 11.1 Å². The van der Waals surface area contributed by atoms with Crippen molar-refractivity contribution in [2.45, 2.75) is 19.4 Å². The minimum absolute atomic E-state index is 0.0678. The van der Waals surface area contributed by atoms with Crippen molar-refractivity contribution < 1.29 is 4.79 Å². The van der Waals surface area contributed by atoms with Gasteiger partial charge in [-0.3, -0.25) is 0 Å². The first kappa shape index (κ1) is 13.5. The number of nitrogens with two attached hydrogens (primary N) is 1. The highest BCUT2D eigenvalue weighted by Gasteiger charge is 2.24. The second-order valence-corrected chi connectivity index (χ2v) is 5.24. The summed E-state index contributed by atoms with van der Waals surface area (Å²) in [4.78, 5) is 13.7. The first-order valence-electron chi connectivity index (χ1n) is 5.75. The predicted molar refractivity (Wildman–Crippen MR) is 74.4 cm³/mol. The number of nitrogens with zero attached hydrogens (tertiary/aromatic N) is 1. The lowest BCUT2D eigenvalue weighted by Crippen LogP contribution is -2.35. The van der Waals surface area contributed by atoms with Crippen LogP contribution in [-0.4, -0.2) is 30.1 Å². The number of carbonyl (C=O) groups is 1. The van der Waals surface area contributed by atoms with Crippen LogP contribution in [0.3, 0.4) is 0 Å². The molecule has 1 aromatic rings. The van der Waals surface area contributed by atoms with Gasteiger partial charge in [0.25, 0.3) is 0 Å². The minimum Gasteiger partial charge on any atom is -0.326 e. The van der Waals surface area contributed by atoms with E-state index in [1.54, 1.807) is 17.0 Å². The Kier molecular flexibility index (Phi) is 4.00. The molecule has 0 aromatic heterocycles. The molecule has 0 saturated carbocycles. The fourth-order valence-electron chi connectivity index (χ4n) is 1.92. The first-order chi connectivity index (χ1) is 8.49. The Morgan fingerprint density at radius 3 is 2.83 bits per heavy atom. The van der Waals surface area contributed by atoms with Gasteiger partial charge in [0.05, 0.1) is 10.7 Å². The Hall–Kier alpha value is -0.970. The Morgan fingerprint density at radius 2 is 2.22 bits per heavy atom. The molecule has 1 saturated heterocycles. The maximum Gasteiger partial charge on any atom is 0.321 e. The molecule has 1 fully saturated rings. The van der Waals surface area contributed by atoms with Crippen molar-refractivity contribution in [1.29, 1.82) is 0 Å². The lowest BCUT2D eigenvalue weighted by Gasteiger charge is -2.18. The molecule has 0 aliphatic carbocycles. The molecule has 1 aliphatic rings. The van der Waals surface area contributed by atoms with Crippen LogP contribution in [0.25, 0.3) is 0 Å². The summed E-state index contributed by atoms with van der Waals surface area (Å²) in [6.45, 7) is 3.07. The Labute approximate surface area is 116 Å². The van der Waals surface area contributed by atoms with Gasteiger partial charge in [-0.25, -0.2) is 4.79 Å². The van der Waals surface area contributed by atoms with E-state index in [9.17, 15) is 4.79 Å². The predicted octanol–water partition coefficient (Wildman–Crippen LogP) is 2.87. The molecule has 0 unspecified atom stereocenters. The molecular weight excluding hydrogens is 273 g/mol. The zero-order chi connectivity index (χ0) is 13.3. The van der Waals surface area contributed by atoms with Gasteiger partial charge in [0.2, 0.25) is 0 Å². The van der Waals surface area contributed by atoms with Gasteiger partial charge in [-0.2, -0.15) is 0 Å². The molecule has 4 nitrogen and oxygen atoms in total. The Bertz CT molecular complexity index is 479. The summed E-state index contributed by atoms with van der Waals surface area (Å²) in [6, 6.07) is 3.31. The number of carbonyl (C=O) groups excluding carboxylic acids is 1. The number of urea groups is 1. The first-order valence-corrected chi connectivity index (χ1v) is 6.50. The summed E-state index contributed by atoms with van der Waals surface area (Å²) in [5.74, 6) is 0. The van der Waals surface area contributed by atoms with E-state index in [1.807, 2.05) is 6.92 Å². The van der Waals surface area contributed by atoms with Crippen LogP contribution in [0.5, 0.6) is 0 Å². The van der Waals surface area contributed by atoms with Gasteiger partial charge < -0.3 is 16.0 Å². The molecule has 0 spiro atoms. The van der Waals surface area contributed by atoms with Crippen molar-refractivity contribution in [3.05, 3.63) is 27.7 Å².